The van der Waals surface area contributed by atoms with Crippen LogP contribution in [0.4, 0.5) is 0 Å². The Bertz CT molecular complexity index is 67.1. The Kier molecular flexibility index (Phi) is 11.9. The van der Waals surface area contributed by atoms with E-state index in [0.717, 1.165) is 0 Å². The Hall–Kier alpha value is 1.07. The van der Waals surface area contributed by atoms with Crippen molar-refractivity contribution in [1.82, 2.24) is 0 Å². The maximum atomic E-state index is 9.70. The first-order chi connectivity index (χ1) is 3.27. The van der Waals surface area contributed by atoms with Gasteiger partial charge in [-0.3, -0.25) is 4.79 Å². The average Bonchev–Trinajstić information content (AvgIpc) is 1.61. The van der Waals surface area contributed by atoms with Gasteiger partial charge in [-0.25, -0.2) is 0 Å². The molecule has 0 aromatic heterocycles. The van der Waals surface area contributed by atoms with Crippen molar-refractivity contribution in [3.05, 3.63) is 5.32 Å². The Labute approximate surface area is 91.3 Å². The zero-order chi connectivity index (χ0) is 5.70. The maximum Gasteiger partial charge on any atom is 1.00 e. The van der Waals surface area contributed by atoms with Crippen LogP contribution in [0.15, 0.2) is 0 Å². The van der Waals surface area contributed by atoms with Gasteiger partial charge in [0.15, 0.2) is 0 Å². The van der Waals surface area contributed by atoms with Crippen LogP contribution in [0.1, 0.15) is 6.42 Å². The molecular weight excluding hydrogens is 133 g/mol. The molecule has 0 saturated carbocycles. The second-order valence-corrected chi connectivity index (χ2v) is 1.18. The van der Waals surface area contributed by atoms with E-state index in [1.54, 1.807) is 7.05 Å². The van der Waals surface area contributed by atoms with Gasteiger partial charge in [-0.15, -0.1) is 6.54 Å². The summed E-state index contributed by atoms with van der Waals surface area (Å²) >= 11 is 0. The van der Waals surface area contributed by atoms with Crippen molar-refractivity contribution >= 4 is 5.97 Å². The third kappa shape index (κ3) is 10.1. The van der Waals surface area contributed by atoms with Gasteiger partial charge in [-0.05, 0) is 0 Å². The molecule has 0 amide bonds. The van der Waals surface area contributed by atoms with E-state index in [1.165, 1.54) is 0 Å². The number of carboxylic acid groups (broad SMARTS) is 1. The van der Waals surface area contributed by atoms with E-state index in [2.05, 4.69) is 5.32 Å². The molecule has 0 saturated heterocycles. The molecule has 0 aliphatic heterocycles. The molecule has 0 aromatic carbocycles. The summed E-state index contributed by atoms with van der Waals surface area (Å²) in [5.74, 6) is -0.786. The maximum absolute atomic E-state index is 9.70. The van der Waals surface area contributed by atoms with Gasteiger partial charge in [-0.1, -0.05) is 0 Å². The van der Waals surface area contributed by atoms with Crippen LogP contribution in [0.3, 0.4) is 0 Å². The molecule has 0 bridgehead atoms. The van der Waals surface area contributed by atoms with Gasteiger partial charge in [0.2, 0.25) is 0 Å². The Morgan fingerprint density at radius 2 is 2.25 bits per heavy atom. The summed E-state index contributed by atoms with van der Waals surface area (Å²) in [6.45, 7) is 0.426. The van der Waals surface area contributed by atoms with E-state index in [9.17, 15) is 4.79 Å². The van der Waals surface area contributed by atoms with E-state index < -0.39 is 5.97 Å². The third-order valence-corrected chi connectivity index (χ3v) is 0.549. The van der Waals surface area contributed by atoms with Crippen molar-refractivity contribution in [1.29, 1.82) is 0 Å². The molecule has 0 spiro atoms. The first-order valence-corrected chi connectivity index (χ1v) is 2.04. The summed E-state index contributed by atoms with van der Waals surface area (Å²) in [6.07, 6.45) is 0.149. The monoisotopic (exact) mass is 141 g/mol. The van der Waals surface area contributed by atoms with Crippen LogP contribution in [0.2, 0.25) is 0 Å². The van der Waals surface area contributed by atoms with Crippen LogP contribution in [0.5, 0.6) is 0 Å². The second-order valence-electron chi connectivity index (χ2n) is 1.18. The van der Waals surface area contributed by atoms with E-state index in [0.29, 0.717) is 6.54 Å². The predicted octanol–water partition coefficient (Wildman–Crippen LogP) is -2.53. The molecule has 42 valence electrons. The van der Waals surface area contributed by atoms with Crippen molar-refractivity contribution in [3.63, 3.8) is 0 Å². The van der Waals surface area contributed by atoms with Crippen LogP contribution in [0, 0.1) is 0 Å². The van der Waals surface area contributed by atoms with Crippen LogP contribution in [-0.4, -0.2) is 24.7 Å². The predicted molar refractivity (Wildman–Crippen MR) is 26.4 cm³/mol. The van der Waals surface area contributed by atoms with Crippen LogP contribution < -0.4 is 51.4 Å². The topological polar surface area (TPSA) is 51.4 Å². The summed E-state index contributed by atoms with van der Waals surface area (Å²) in [5.41, 5.74) is 0. The van der Waals surface area contributed by atoms with E-state index in [1.807, 2.05) is 0 Å². The molecular formula is C4H8KNO2. The molecule has 0 atom stereocenters. The van der Waals surface area contributed by atoms with Crippen LogP contribution >= 0.6 is 0 Å². The molecule has 0 heterocycles. The van der Waals surface area contributed by atoms with E-state index in [4.69, 9.17) is 5.11 Å². The summed E-state index contributed by atoms with van der Waals surface area (Å²) < 4.78 is 0. The smallest absolute Gasteiger partial charge is 0.665 e. The van der Waals surface area contributed by atoms with Crippen LogP contribution in [-0.2, 0) is 4.79 Å². The Balaban J connectivity index is 0. The number of aliphatic carboxylic acids is 1. The number of hydrogen-bond acceptors (Lipinski definition) is 1. The number of rotatable bonds is 3. The van der Waals surface area contributed by atoms with Gasteiger partial charge in [-0.2, -0.15) is 7.05 Å². The van der Waals surface area contributed by atoms with Gasteiger partial charge >= 0.3 is 57.4 Å². The summed E-state index contributed by atoms with van der Waals surface area (Å²) in [6, 6.07) is 0. The minimum Gasteiger partial charge on any atom is -0.665 e. The van der Waals surface area contributed by atoms with E-state index >= 15 is 0 Å². The molecule has 0 radical (unpaired) electrons. The quantitative estimate of drug-likeness (QED) is 0.441. The summed E-state index contributed by atoms with van der Waals surface area (Å²) in [5, 5.41) is 11.6. The zero-order valence-corrected chi connectivity index (χ0v) is 8.34. The largest absolute Gasteiger partial charge is 1.00 e. The van der Waals surface area contributed by atoms with Crippen molar-refractivity contribution in [2.75, 3.05) is 13.6 Å². The van der Waals surface area contributed by atoms with Crippen molar-refractivity contribution in [3.8, 4) is 0 Å². The molecule has 0 aliphatic carbocycles. The van der Waals surface area contributed by atoms with Gasteiger partial charge in [0.1, 0.15) is 0 Å². The van der Waals surface area contributed by atoms with Crippen molar-refractivity contribution in [2.45, 2.75) is 6.42 Å². The number of carbonyl (C=O) groups is 1. The molecule has 4 heteroatoms. The molecule has 0 aromatic rings. The average molecular weight is 141 g/mol. The minimum absolute atomic E-state index is 0. The standard InChI is InChI=1S/C4H8NO2.K/c1-5-3-2-4(6)7;/h2-3H2,1H3,(H,6,7);/q-1;+1. The minimum atomic E-state index is -0.786. The molecule has 0 unspecified atom stereocenters. The third-order valence-electron chi connectivity index (χ3n) is 0.549. The number of hydrogen-bond donors (Lipinski definition) is 1. The molecule has 1 N–H and O–H groups in total. The molecule has 0 rings (SSSR count). The molecule has 3 nitrogen and oxygen atoms in total. The number of nitrogens with zero attached hydrogens (tertiary/aromatic N) is 1. The van der Waals surface area contributed by atoms with Gasteiger partial charge in [0.25, 0.3) is 0 Å². The Morgan fingerprint density at radius 3 is 2.38 bits per heavy atom. The first kappa shape index (κ1) is 11.8. The summed E-state index contributed by atoms with van der Waals surface area (Å²) in [7, 11) is 1.60. The fourth-order valence-electron chi connectivity index (χ4n) is 0.207. The molecule has 0 aliphatic rings. The second kappa shape index (κ2) is 8.07. The Morgan fingerprint density at radius 1 is 1.75 bits per heavy atom. The number of carboxylic acids is 1. The normalized spacial score (nSPS) is 7.62. The van der Waals surface area contributed by atoms with Gasteiger partial charge < -0.3 is 10.4 Å². The van der Waals surface area contributed by atoms with Crippen molar-refractivity contribution in [2.24, 2.45) is 0 Å². The van der Waals surface area contributed by atoms with Crippen molar-refractivity contribution < 1.29 is 61.3 Å². The fourth-order valence-corrected chi connectivity index (χ4v) is 0.207. The van der Waals surface area contributed by atoms with Crippen LogP contribution in [0.25, 0.3) is 5.32 Å². The first-order valence-electron chi connectivity index (χ1n) is 2.04. The SMILES string of the molecule is C[N-]CCC(=O)O.[K+]. The zero-order valence-electron chi connectivity index (χ0n) is 5.22. The summed E-state index contributed by atoms with van der Waals surface area (Å²) in [4.78, 5) is 9.70. The molecule has 8 heavy (non-hydrogen) atoms. The van der Waals surface area contributed by atoms with Gasteiger partial charge in [0.05, 0.1) is 0 Å². The fraction of sp³-hybridized carbons (Fsp3) is 0.750. The molecule has 0 fully saturated rings. The van der Waals surface area contributed by atoms with Gasteiger partial charge in [0, 0.05) is 6.42 Å². The van der Waals surface area contributed by atoms with E-state index in [-0.39, 0.29) is 57.8 Å².